The molecule has 110 valence electrons. The lowest BCUT2D eigenvalue weighted by molar-refractivity contribution is 0.0982. The molecule has 0 aromatic heterocycles. The number of hydrogen-bond acceptors (Lipinski definition) is 2. The van der Waals surface area contributed by atoms with Crippen LogP contribution in [0, 0.1) is 17.5 Å². The Balaban J connectivity index is 2.06. The van der Waals surface area contributed by atoms with Gasteiger partial charge in [-0.3, -0.25) is 4.79 Å². The third-order valence-electron chi connectivity index (χ3n) is 3.11. The van der Waals surface area contributed by atoms with Gasteiger partial charge in [-0.05, 0) is 36.2 Å². The van der Waals surface area contributed by atoms with Gasteiger partial charge in [0, 0.05) is 18.1 Å². The first kappa shape index (κ1) is 15.1. The van der Waals surface area contributed by atoms with Gasteiger partial charge < -0.3 is 4.74 Å². The molecule has 0 saturated heterocycles. The Bertz CT molecular complexity index is 669. The molecule has 0 bridgehead atoms. The third kappa shape index (κ3) is 3.62. The topological polar surface area (TPSA) is 26.3 Å². The summed E-state index contributed by atoms with van der Waals surface area (Å²) in [6.45, 7) is 0. The first-order chi connectivity index (χ1) is 10.0. The lowest BCUT2D eigenvalue weighted by Gasteiger charge is -2.06. The number of rotatable bonds is 5. The van der Waals surface area contributed by atoms with Gasteiger partial charge in [0.15, 0.2) is 17.3 Å². The minimum absolute atomic E-state index is 0.00826. The highest BCUT2D eigenvalue weighted by Gasteiger charge is 2.12. The SMILES string of the molecule is COc1ccc(C(=O)CCc2ccc(F)cc2F)cc1F. The van der Waals surface area contributed by atoms with E-state index < -0.39 is 17.5 Å². The Hall–Kier alpha value is -2.30. The van der Waals surface area contributed by atoms with E-state index in [4.69, 9.17) is 4.74 Å². The Morgan fingerprint density at radius 1 is 1.05 bits per heavy atom. The first-order valence-electron chi connectivity index (χ1n) is 6.32. The Morgan fingerprint density at radius 3 is 2.43 bits per heavy atom. The van der Waals surface area contributed by atoms with E-state index in [1.54, 1.807) is 0 Å². The zero-order chi connectivity index (χ0) is 15.4. The highest BCUT2D eigenvalue weighted by molar-refractivity contribution is 5.96. The summed E-state index contributed by atoms with van der Waals surface area (Å²) in [4.78, 5) is 11.9. The molecule has 2 rings (SSSR count). The van der Waals surface area contributed by atoms with Crippen LogP contribution < -0.4 is 4.74 Å². The summed E-state index contributed by atoms with van der Waals surface area (Å²) in [6, 6.07) is 7.10. The molecule has 0 heterocycles. The Labute approximate surface area is 120 Å². The number of ether oxygens (including phenoxy) is 1. The molecule has 0 aliphatic heterocycles. The summed E-state index contributed by atoms with van der Waals surface area (Å²) in [5, 5.41) is 0. The third-order valence-corrected chi connectivity index (χ3v) is 3.11. The predicted octanol–water partition coefficient (Wildman–Crippen LogP) is 3.93. The van der Waals surface area contributed by atoms with Gasteiger partial charge >= 0.3 is 0 Å². The van der Waals surface area contributed by atoms with Crippen LogP contribution in [0.15, 0.2) is 36.4 Å². The maximum Gasteiger partial charge on any atom is 0.165 e. The van der Waals surface area contributed by atoms with E-state index in [1.165, 1.54) is 25.3 Å². The van der Waals surface area contributed by atoms with Crippen LogP contribution in [0.2, 0.25) is 0 Å². The molecule has 0 unspecified atom stereocenters. The van der Waals surface area contributed by atoms with Crippen molar-refractivity contribution in [3.63, 3.8) is 0 Å². The second-order valence-electron chi connectivity index (χ2n) is 4.51. The first-order valence-corrected chi connectivity index (χ1v) is 6.32. The zero-order valence-corrected chi connectivity index (χ0v) is 11.3. The molecule has 0 aliphatic carbocycles. The number of ketones is 1. The second kappa shape index (κ2) is 6.43. The average Bonchev–Trinajstić information content (AvgIpc) is 2.46. The van der Waals surface area contributed by atoms with Crippen molar-refractivity contribution >= 4 is 5.78 Å². The van der Waals surface area contributed by atoms with Crippen molar-refractivity contribution in [2.45, 2.75) is 12.8 Å². The average molecular weight is 294 g/mol. The summed E-state index contributed by atoms with van der Waals surface area (Å²) >= 11 is 0. The highest BCUT2D eigenvalue weighted by Crippen LogP contribution is 2.19. The number of hydrogen-bond donors (Lipinski definition) is 0. The molecule has 0 aliphatic rings. The highest BCUT2D eigenvalue weighted by atomic mass is 19.1. The molecule has 2 nitrogen and oxygen atoms in total. The van der Waals surface area contributed by atoms with Gasteiger partial charge in [-0.15, -0.1) is 0 Å². The monoisotopic (exact) mass is 294 g/mol. The van der Waals surface area contributed by atoms with Gasteiger partial charge in [0.2, 0.25) is 0 Å². The molecule has 0 saturated carbocycles. The van der Waals surface area contributed by atoms with Crippen molar-refractivity contribution in [2.24, 2.45) is 0 Å². The summed E-state index contributed by atoms with van der Waals surface area (Å²) in [5.74, 6) is -2.25. The standard InChI is InChI=1S/C16H13F3O2/c1-21-16-7-4-11(8-14(16)19)15(20)6-3-10-2-5-12(17)9-13(10)18/h2,4-5,7-9H,3,6H2,1H3. The quantitative estimate of drug-likeness (QED) is 0.781. The van der Waals surface area contributed by atoms with Crippen molar-refractivity contribution < 1.29 is 22.7 Å². The van der Waals surface area contributed by atoms with E-state index in [9.17, 15) is 18.0 Å². The largest absolute Gasteiger partial charge is 0.494 e. The summed E-state index contributed by atoms with van der Waals surface area (Å²) in [6.07, 6.45) is 0.132. The van der Waals surface area contributed by atoms with E-state index in [0.29, 0.717) is 0 Å². The van der Waals surface area contributed by atoms with Crippen molar-refractivity contribution in [3.8, 4) is 5.75 Å². The predicted molar refractivity (Wildman–Crippen MR) is 72.0 cm³/mol. The fourth-order valence-electron chi connectivity index (χ4n) is 1.96. The lowest BCUT2D eigenvalue weighted by atomic mass is 10.0. The van der Waals surface area contributed by atoms with Crippen molar-refractivity contribution in [1.29, 1.82) is 0 Å². The summed E-state index contributed by atoms with van der Waals surface area (Å²) in [7, 11) is 1.33. The van der Waals surface area contributed by atoms with Crippen LogP contribution in [0.4, 0.5) is 13.2 Å². The van der Waals surface area contributed by atoms with E-state index in [-0.39, 0.29) is 35.5 Å². The molecule has 2 aromatic carbocycles. The fraction of sp³-hybridized carbons (Fsp3) is 0.188. The summed E-state index contributed by atoms with van der Waals surface area (Å²) < 4.78 is 44.5. The molecule has 0 fully saturated rings. The molecular formula is C16H13F3O2. The molecule has 5 heteroatoms. The molecule has 0 spiro atoms. The van der Waals surface area contributed by atoms with Crippen LogP contribution in [-0.2, 0) is 6.42 Å². The van der Waals surface area contributed by atoms with E-state index >= 15 is 0 Å². The van der Waals surface area contributed by atoms with Gasteiger partial charge in [0.1, 0.15) is 11.6 Å². The van der Waals surface area contributed by atoms with Crippen molar-refractivity contribution in [1.82, 2.24) is 0 Å². The Morgan fingerprint density at radius 2 is 1.81 bits per heavy atom. The van der Waals surface area contributed by atoms with E-state index in [2.05, 4.69) is 0 Å². The number of halogens is 3. The van der Waals surface area contributed by atoms with Gasteiger partial charge in [-0.2, -0.15) is 0 Å². The molecule has 21 heavy (non-hydrogen) atoms. The maximum absolute atomic E-state index is 13.5. The lowest BCUT2D eigenvalue weighted by Crippen LogP contribution is -2.03. The van der Waals surface area contributed by atoms with Crippen LogP contribution in [-0.4, -0.2) is 12.9 Å². The van der Waals surface area contributed by atoms with Crippen LogP contribution in [0.3, 0.4) is 0 Å². The molecule has 0 radical (unpaired) electrons. The number of Topliss-reactive ketones (excluding diaryl/α,β-unsaturated/α-hetero) is 1. The van der Waals surface area contributed by atoms with Gasteiger partial charge in [-0.25, -0.2) is 13.2 Å². The van der Waals surface area contributed by atoms with Gasteiger partial charge in [0.25, 0.3) is 0 Å². The number of benzene rings is 2. The normalized spacial score (nSPS) is 10.5. The minimum Gasteiger partial charge on any atom is -0.494 e. The number of carbonyl (C=O) groups is 1. The minimum atomic E-state index is -0.691. The maximum atomic E-state index is 13.5. The van der Waals surface area contributed by atoms with Crippen LogP contribution in [0.1, 0.15) is 22.3 Å². The fourth-order valence-corrected chi connectivity index (χ4v) is 1.96. The van der Waals surface area contributed by atoms with Gasteiger partial charge in [0.05, 0.1) is 7.11 Å². The van der Waals surface area contributed by atoms with Gasteiger partial charge in [-0.1, -0.05) is 6.07 Å². The number of methoxy groups -OCH3 is 1. The van der Waals surface area contributed by atoms with E-state index in [1.807, 2.05) is 0 Å². The molecule has 0 amide bonds. The van der Waals surface area contributed by atoms with Crippen LogP contribution in [0.5, 0.6) is 5.75 Å². The second-order valence-corrected chi connectivity index (χ2v) is 4.51. The molecule has 0 atom stereocenters. The zero-order valence-electron chi connectivity index (χ0n) is 11.3. The molecule has 0 N–H and O–H groups in total. The molecule has 2 aromatic rings. The van der Waals surface area contributed by atoms with Crippen LogP contribution in [0.25, 0.3) is 0 Å². The smallest absolute Gasteiger partial charge is 0.165 e. The number of carbonyl (C=O) groups excluding carboxylic acids is 1. The van der Waals surface area contributed by atoms with Crippen LogP contribution >= 0.6 is 0 Å². The van der Waals surface area contributed by atoms with Crippen molar-refractivity contribution in [3.05, 3.63) is 65.0 Å². The Kier molecular flexibility index (Phi) is 4.62. The van der Waals surface area contributed by atoms with E-state index in [0.717, 1.165) is 18.2 Å². The van der Waals surface area contributed by atoms with Crippen molar-refractivity contribution in [2.75, 3.05) is 7.11 Å². The number of aryl methyl sites for hydroxylation is 1. The molecular weight excluding hydrogens is 281 g/mol. The summed E-state index contributed by atoms with van der Waals surface area (Å²) in [5.41, 5.74) is 0.439.